The third-order valence-corrected chi connectivity index (χ3v) is 2.85. The second kappa shape index (κ2) is 4.47. The molecule has 0 radical (unpaired) electrons. The molecule has 0 bridgehead atoms. The van der Waals surface area contributed by atoms with Crippen LogP contribution in [0, 0.1) is 5.92 Å². The van der Waals surface area contributed by atoms with Crippen molar-refractivity contribution in [3.05, 3.63) is 35.9 Å². The van der Waals surface area contributed by atoms with Crippen LogP contribution in [-0.2, 0) is 4.79 Å². The third-order valence-electron chi connectivity index (χ3n) is 2.85. The van der Waals surface area contributed by atoms with Gasteiger partial charge >= 0.3 is 0 Å². The Morgan fingerprint density at radius 3 is 2.62 bits per heavy atom. The molecule has 1 atom stereocenters. The zero-order valence-corrected chi connectivity index (χ0v) is 9.60. The van der Waals surface area contributed by atoms with Crippen molar-refractivity contribution in [2.45, 2.75) is 26.2 Å². The van der Waals surface area contributed by atoms with Crippen molar-refractivity contribution in [1.82, 2.24) is 5.43 Å². The molecule has 3 heteroatoms. The standard InChI is InChI=1S/C13H16N2O/c1-9(2)13-11(8-12(16)14-15-13)10-6-4-3-5-7-10/h3-7,9,11H,8H2,1-2H3,(H,14,16). The Bertz CT molecular complexity index is 409. The van der Waals surface area contributed by atoms with Gasteiger partial charge in [-0.05, 0) is 11.5 Å². The van der Waals surface area contributed by atoms with E-state index in [4.69, 9.17) is 0 Å². The van der Waals surface area contributed by atoms with E-state index in [0.717, 1.165) is 5.71 Å². The predicted octanol–water partition coefficient (Wildman–Crippen LogP) is 2.30. The summed E-state index contributed by atoms with van der Waals surface area (Å²) >= 11 is 0. The number of hydrogen-bond donors (Lipinski definition) is 1. The van der Waals surface area contributed by atoms with Crippen LogP contribution >= 0.6 is 0 Å². The minimum absolute atomic E-state index is 0.00162. The molecule has 1 amide bonds. The van der Waals surface area contributed by atoms with E-state index in [9.17, 15) is 4.79 Å². The normalized spacial score (nSPS) is 20.6. The lowest BCUT2D eigenvalue weighted by Crippen LogP contribution is -2.34. The molecule has 1 unspecified atom stereocenters. The minimum Gasteiger partial charge on any atom is -0.273 e. The Hall–Kier alpha value is -1.64. The summed E-state index contributed by atoms with van der Waals surface area (Å²) in [5, 5.41) is 4.18. The van der Waals surface area contributed by atoms with Crippen molar-refractivity contribution >= 4 is 11.6 Å². The van der Waals surface area contributed by atoms with Crippen molar-refractivity contribution in [1.29, 1.82) is 0 Å². The quantitative estimate of drug-likeness (QED) is 0.809. The molecule has 16 heavy (non-hydrogen) atoms. The molecule has 1 aliphatic heterocycles. The van der Waals surface area contributed by atoms with E-state index in [1.807, 2.05) is 18.2 Å². The fraction of sp³-hybridized carbons (Fsp3) is 0.385. The monoisotopic (exact) mass is 216 g/mol. The summed E-state index contributed by atoms with van der Waals surface area (Å²) in [4.78, 5) is 11.4. The molecule has 0 saturated carbocycles. The smallest absolute Gasteiger partial charge is 0.241 e. The van der Waals surface area contributed by atoms with Gasteiger partial charge in [0.15, 0.2) is 0 Å². The summed E-state index contributed by atoms with van der Waals surface area (Å²) in [5.41, 5.74) is 4.79. The Morgan fingerprint density at radius 1 is 1.31 bits per heavy atom. The van der Waals surface area contributed by atoms with E-state index in [-0.39, 0.29) is 11.8 Å². The molecule has 0 aliphatic carbocycles. The van der Waals surface area contributed by atoms with E-state index in [0.29, 0.717) is 12.3 Å². The van der Waals surface area contributed by atoms with Gasteiger partial charge in [-0.3, -0.25) is 4.79 Å². The van der Waals surface area contributed by atoms with Gasteiger partial charge in [0.25, 0.3) is 0 Å². The number of hydrogen-bond acceptors (Lipinski definition) is 2. The van der Waals surface area contributed by atoms with Crippen molar-refractivity contribution in [3.8, 4) is 0 Å². The Kier molecular flexibility index (Phi) is 3.04. The fourth-order valence-electron chi connectivity index (χ4n) is 2.05. The van der Waals surface area contributed by atoms with Crippen LogP contribution in [0.4, 0.5) is 0 Å². The second-order valence-electron chi connectivity index (χ2n) is 4.39. The van der Waals surface area contributed by atoms with E-state index in [2.05, 4.69) is 36.5 Å². The first-order valence-electron chi connectivity index (χ1n) is 5.59. The maximum atomic E-state index is 11.4. The number of rotatable bonds is 2. The average molecular weight is 216 g/mol. The SMILES string of the molecule is CC(C)C1=NNC(=O)CC1c1ccccc1. The van der Waals surface area contributed by atoms with Gasteiger partial charge in [0.1, 0.15) is 0 Å². The molecular weight excluding hydrogens is 200 g/mol. The highest BCUT2D eigenvalue weighted by atomic mass is 16.2. The van der Waals surface area contributed by atoms with Gasteiger partial charge in [-0.15, -0.1) is 0 Å². The first kappa shape index (κ1) is 10.9. The molecule has 2 rings (SSSR count). The number of carbonyl (C=O) groups is 1. The van der Waals surface area contributed by atoms with Gasteiger partial charge in [0, 0.05) is 18.1 Å². The molecule has 0 saturated heterocycles. The molecule has 0 aromatic heterocycles. The van der Waals surface area contributed by atoms with Crippen molar-refractivity contribution in [2.75, 3.05) is 0 Å². The van der Waals surface area contributed by atoms with E-state index >= 15 is 0 Å². The molecule has 1 N–H and O–H groups in total. The lowest BCUT2D eigenvalue weighted by molar-refractivity contribution is -0.121. The molecular formula is C13H16N2O. The summed E-state index contributed by atoms with van der Waals surface area (Å²) in [6.07, 6.45) is 0.501. The maximum absolute atomic E-state index is 11.4. The van der Waals surface area contributed by atoms with E-state index in [1.54, 1.807) is 0 Å². The molecule has 3 nitrogen and oxygen atoms in total. The molecule has 84 valence electrons. The van der Waals surface area contributed by atoms with Crippen LogP contribution in [0.25, 0.3) is 0 Å². The number of nitrogens with zero attached hydrogens (tertiary/aromatic N) is 1. The van der Waals surface area contributed by atoms with Crippen LogP contribution in [0.2, 0.25) is 0 Å². The minimum atomic E-state index is -0.00162. The van der Waals surface area contributed by atoms with E-state index in [1.165, 1.54) is 5.56 Å². The number of nitrogens with one attached hydrogen (secondary N) is 1. The summed E-state index contributed by atoms with van der Waals surface area (Å²) in [6, 6.07) is 10.1. The highest BCUT2D eigenvalue weighted by Crippen LogP contribution is 2.26. The van der Waals surface area contributed by atoms with Gasteiger partial charge in [-0.25, -0.2) is 5.43 Å². The lowest BCUT2D eigenvalue weighted by Gasteiger charge is -2.25. The summed E-state index contributed by atoms with van der Waals surface area (Å²) < 4.78 is 0. The molecule has 1 aromatic rings. The molecule has 0 fully saturated rings. The number of carbonyl (C=O) groups excluding carboxylic acids is 1. The Morgan fingerprint density at radius 2 is 2.00 bits per heavy atom. The highest BCUT2D eigenvalue weighted by Gasteiger charge is 2.27. The fourth-order valence-corrected chi connectivity index (χ4v) is 2.05. The van der Waals surface area contributed by atoms with Crippen LogP contribution < -0.4 is 5.43 Å². The Labute approximate surface area is 95.6 Å². The van der Waals surface area contributed by atoms with Gasteiger partial charge < -0.3 is 0 Å². The molecule has 1 heterocycles. The molecule has 0 spiro atoms. The molecule has 1 aromatic carbocycles. The van der Waals surface area contributed by atoms with Crippen molar-refractivity contribution in [3.63, 3.8) is 0 Å². The second-order valence-corrected chi connectivity index (χ2v) is 4.39. The van der Waals surface area contributed by atoms with Crippen molar-refractivity contribution < 1.29 is 4.79 Å². The van der Waals surface area contributed by atoms with E-state index < -0.39 is 0 Å². The number of hydrazone groups is 1. The molecule has 1 aliphatic rings. The van der Waals surface area contributed by atoms with Crippen molar-refractivity contribution in [2.24, 2.45) is 11.0 Å². The third kappa shape index (κ3) is 2.13. The largest absolute Gasteiger partial charge is 0.273 e. The van der Waals surface area contributed by atoms with Crippen LogP contribution in [0.3, 0.4) is 0 Å². The Balaban J connectivity index is 2.34. The van der Waals surface area contributed by atoms with Crippen LogP contribution in [0.15, 0.2) is 35.4 Å². The topological polar surface area (TPSA) is 41.5 Å². The first-order chi connectivity index (χ1) is 7.68. The van der Waals surface area contributed by atoms with Crippen LogP contribution in [0.5, 0.6) is 0 Å². The van der Waals surface area contributed by atoms with Crippen LogP contribution in [0.1, 0.15) is 31.7 Å². The van der Waals surface area contributed by atoms with Gasteiger partial charge in [-0.1, -0.05) is 44.2 Å². The number of benzene rings is 1. The highest BCUT2D eigenvalue weighted by molar-refractivity contribution is 5.99. The summed E-state index contributed by atoms with van der Waals surface area (Å²) in [7, 11) is 0. The zero-order chi connectivity index (χ0) is 11.5. The summed E-state index contributed by atoms with van der Waals surface area (Å²) in [5.74, 6) is 0.485. The summed E-state index contributed by atoms with van der Waals surface area (Å²) in [6.45, 7) is 4.21. The van der Waals surface area contributed by atoms with Gasteiger partial charge in [0.05, 0.1) is 0 Å². The predicted molar refractivity (Wildman–Crippen MR) is 64.2 cm³/mol. The first-order valence-corrected chi connectivity index (χ1v) is 5.59. The average Bonchev–Trinajstić information content (AvgIpc) is 2.29. The maximum Gasteiger partial charge on any atom is 0.241 e. The number of amides is 1. The zero-order valence-electron chi connectivity index (χ0n) is 9.60. The van der Waals surface area contributed by atoms with Crippen LogP contribution in [-0.4, -0.2) is 11.6 Å². The lowest BCUT2D eigenvalue weighted by atomic mass is 9.85. The van der Waals surface area contributed by atoms with Gasteiger partial charge in [-0.2, -0.15) is 5.10 Å². The van der Waals surface area contributed by atoms with Gasteiger partial charge in [0.2, 0.25) is 5.91 Å².